The van der Waals surface area contributed by atoms with E-state index in [0.29, 0.717) is 5.41 Å². The summed E-state index contributed by atoms with van der Waals surface area (Å²) in [5, 5.41) is 3.27. The molecule has 1 N–H and O–H groups in total. The third kappa shape index (κ3) is 11.0. The van der Waals surface area contributed by atoms with E-state index >= 15 is 0 Å². The molecule has 0 saturated heterocycles. The average molecular weight is 265 g/mol. The second-order valence-electron chi connectivity index (χ2n) is 6.79. The standard InChI is InChI=1S/C18H35N/c1-7-9-10-11-17(12-13-19-6)14-16(8-2)15-18(3,4)5/h7,14,16,19H,1,8-13,15H2,2-6H3. The van der Waals surface area contributed by atoms with Crippen molar-refractivity contribution < 1.29 is 0 Å². The Kier molecular flexibility index (Phi) is 9.95. The molecular weight excluding hydrogens is 230 g/mol. The fourth-order valence-corrected chi connectivity index (χ4v) is 2.49. The zero-order valence-corrected chi connectivity index (χ0v) is 13.9. The van der Waals surface area contributed by atoms with Crippen molar-refractivity contribution in [3.8, 4) is 0 Å². The Bertz CT molecular complexity index is 257. The molecule has 19 heavy (non-hydrogen) atoms. The fourth-order valence-electron chi connectivity index (χ4n) is 2.49. The molecule has 0 bridgehead atoms. The van der Waals surface area contributed by atoms with Gasteiger partial charge in [-0.15, -0.1) is 6.58 Å². The predicted molar refractivity (Wildman–Crippen MR) is 88.5 cm³/mol. The number of nitrogens with one attached hydrogen (secondary N) is 1. The van der Waals surface area contributed by atoms with Crippen LogP contribution in [0.4, 0.5) is 0 Å². The zero-order chi connectivity index (χ0) is 14.7. The molecule has 1 nitrogen and oxygen atoms in total. The first-order valence-electron chi connectivity index (χ1n) is 7.88. The lowest BCUT2D eigenvalue weighted by Gasteiger charge is -2.24. The number of hydrogen-bond donors (Lipinski definition) is 1. The summed E-state index contributed by atoms with van der Waals surface area (Å²) in [6.07, 6.45) is 11.9. The Morgan fingerprint density at radius 2 is 1.95 bits per heavy atom. The highest BCUT2D eigenvalue weighted by atomic mass is 14.8. The number of unbranched alkanes of at least 4 members (excludes halogenated alkanes) is 1. The average Bonchev–Trinajstić information content (AvgIpc) is 2.33. The van der Waals surface area contributed by atoms with Gasteiger partial charge in [-0.1, -0.05) is 45.4 Å². The first-order chi connectivity index (χ1) is 8.92. The number of hydrogen-bond acceptors (Lipinski definition) is 1. The highest BCUT2D eigenvalue weighted by molar-refractivity contribution is 5.06. The molecule has 0 aromatic heterocycles. The second-order valence-corrected chi connectivity index (χ2v) is 6.79. The molecule has 1 heteroatoms. The van der Waals surface area contributed by atoms with Gasteiger partial charge >= 0.3 is 0 Å². The molecule has 0 aliphatic heterocycles. The number of rotatable bonds is 10. The molecule has 0 aromatic carbocycles. The summed E-state index contributed by atoms with van der Waals surface area (Å²) in [5.41, 5.74) is 2.05. The van der Waals surface area contributed by atoms with Gasteiger partial charge in [0.2, 0.25) is 0 Å². The Morgan fingerprint density at radius 3 is 2.42 bits per heavy atom. The highest BCUT2D eigenvalue weighted by Gasteiger charge is 2.16. The van der Waals surface area contributed by atoms with Gasteiger partial charge in [-0.3, -0.25) is 0 Å². The van der Waals surface area contributed by atoms with Gasteiger partial charge in [-0.2, -0.15) is 0 Å². The summed E-state index contributed by atoms with van der Waals surface area (Å²) in [6.45, 7) is 14.2. The quantitative estimate of drug-likeness (QED) is 0.415. The SMILES string of the molecule is C=CCCCC(=CC(CC)CC(C)(C)C)CCNC. The van der Waals surface area contributed by atoms with Crippen molar-refractivity contribution in [1.82, 2.24) is 5.32 Å². The zero-order valence-electron chi connectivity index (χ0n) is 13.9. The molecule has 0 spiro atoms. The van der Waals surface area contributed by atoms with Gasteiger partial charge in [-0.05, 0) is 63.5 Å². The summed E-state index contributed by atoms with van der Waals surface area (Å²) in [4.78, 5) is 0. The van der Waals surface area contributed by atoms with Crippen molar-refractivity contribution in [2.45, 2.75) is 66.2 Å². The molecule has 0 amide bonds. The molecular formula is C18H35N. The fraction of sp³-hybridized carbons (Fsp3) is 0.778. The smallest absolute Gasteiger partial charge is 0.00146 e. The predicted octanol–water partition coefficient (Wildman–Crippen LogP) is 5.34. The number of allylic oxidation sites excluding steroid dienone is 2. The van der Waals surface area contributed by atoms with Crippen molar-refractivity contribution in [2.24, 2.45) is 11.3 Å². The molecule has 0 heterocycles. The maximum atomic E-state index is 3.81. The van der Waals surface area contributed by atoms with Gasteiger partial charge in [0.15, 0.2) is 0 Å². The van der Waals surface area contributed by atoms with Crippen LogP contribution in [-0.2, 0) is 0 Å². The van der Waals surface area contributed by atoms with Crippen LogP contribution in [0, 0.1) is 11.3 Å². The van der Waals surface area contributed by atoms with E-state index in [9.17, 15) is 0 Å². The van der Waals surface area contributed by atoms with Crippen LogP contribution in [-0.4, -0.2) is 13.6 Å². The Labute approximate surface area is 121 Å². The maximum absolute atomic E-state index is 3.81. The van der Waals surface area contributed by atoms with Gasteiger partial charge in [0.05, 0.1) is 0 Å². The van der Waals surface area contributed by atoms with E-state index in [-0.39, 0.29) is 0 Å². The van der Waals surface area contributed by atoms with Crippen LogP contribution >= 0.6 is 0 Å². The summed E-state index contributed by atoms with van der Waals surface area (Å²) in [5.74, 6) is 0.732. The second kappa shape index (κ2) is 10.3. The summed E-state index contributed by atoms with van der Waals surface area (Å²) < 4.78 is 0. The molecule has 0 fully saturated rings. The Hall–Kier alpha value is -0.560. The molecule has 0 aromatic rings. The maximum Gasteiger partial charge on any atom is -0.00146 e. The largest absolute Gasteiger partial charge is 0.319 e. The lowest BCUT2D eigenvalue weighted by atomic mass is 9.82. The molecule has 0 rings (SSSR count). The lowest BCUT2D eigenvalue weighted by molar-refractivity contribution is 0.320. The summed E-state index contributed by atoms with van der Waals surface area (Å²) in [6, 6.07) is 0. The third-order valence-electron chi connectivity index (χ3n) is 3.47. The van der Waals surface area contributed by atoms with E-state index in [1.807, 2.05) is 13.1 Å². The van der Waals surface area contributed by atoms with E-state index in [1.54, 1.807) is 5.57 Å². The van der Waals surface area contributed by atoms with Crippen molar-refractivity contribution in [2.75, 3.05) is 13.6 Å². The van der Waals surface area contributed by atoms with Crippen LogP contribution in [0.2, 0.25) is 0 Å². The monoisotopic (exact) mass is 265 g/mol. The molecule has 1 atom stereocenters. The van der Waals surface area contributed by atoms with Crippen LogP contribution < -0.4 is 5.32 Å². The molecule has 0 aliphatic carbocycles. The molecule has 0 radical (unpaired) electrons. The van der Waals surface area contributed by atoms with Crippen LogP contribution in [0.5, 0.6) is 0 Å². The molecule has 0 aliphatic rings. The minimum atomic E-state index is 0.423. The van der Waals surface area contributed by atoms with Gasteiger partial charge in [0.25, 0.3) is 0 Å². The van der Waals surface area contributed by atoms with Gasteiger partial charge in [0.1, 0.15) is 0 Å². The van der Waals surface area contributed by atoms with Crippen molar-refractivity contribution in [1.29, 1.82) is 0 Å². The topological polar surface area (TPSA) is 12.0 Å². The minimum absolute atomic E-state index is 0.423. The van der Waals surface area contributed by atoms with E-state index in [1.165, 1.54) is 32.1 Å². The van der Waals surface area contributed by atoms with Crippen LogP contribution in [0.1, 0.15) is 66.2 Å². The highest BCUT2D eigenvalue weighted by Crippen LogP contribution is 2.29. The first kappa shape index (κ1) is 18.4. The van der Waals surface area contributed by atoms with E-state index < -0.39 is 0 Å². The molecule has 112 valence electrons. The Balaban J connectivity index is 4.56. The molecule has 1 unspecified atom stereocenters. The van der Waals surface area contributed by atoms with E-state index in [0.717, 1.165) is 18.9 Å². The van der Waals surface area contributed by atoms with E-state index in [2.05, 4.69) is 45.7 Å². The van der Waals surface area contributed by atoms with Crippen molar-refractivity contribution in [3.63, 3.8) is 0 Å². The van der Waals surface area contributed by atoms with Gasteiger partial charge in [0, 0.05) is 0 Å². The van der Waals surface area contributed by atoms with Crippen LogP contribution in [0.3, 0.4) is 0 Å². The van der Waals surface area contributed by atoms with Crippen molar-refractivity contribution >= 4 is 0 Å². The Morgan fingerprint density at radius 1 is 1.26 bits per heavy atom. The van der Waals surface area contributed by atoms with Crippen LogP contribution in [0.15, 0.2) is 24.3 Å². The minimum Gasteiger partial charge on any atom is -0.319 e. The first-order valence-corrected chi connectivity index (χ1v) is 7.88. The molecule has 0 saturated carbocycles. The van der Waals surface area contributed by atoms with Gasteiger partial charge < -0.3 is 5.32 Å². The third-order valence-corrected chi connectivity index (χ3v) is 3.47. The van der Waals surface area contributed by atoms with Gasteiger partial charge in [-0.25, -0.2) is 0 Å². The summed E-state index contributed by atoms with van der Waals surface area (Å²) >= 11 is 0. The lowest BCUT2D eigenvalue weighted by Crippen LogP contribution is -2.13. The van der Waals surface area contributed by atoms with Crippen molar-refractivity contribution in [3.05, 3.63) is 24.3 Å². The normalized spacial score (nSPS) is 14.5. The van der Waals surface area contributed by atoms with Crippen LogP contribution in [0.25, 0.3) is 0 Å². The van der Waals surface area contributed by atoms with E-state index in [4.69, 9.17) is 0 Å². The summed E-state index contributed by atoms with van der Waals surface area (Å²) in [7, 11) is 2.04.